The molecule has 4 aromatic rings. The van der Waals surface area contributed by atoms with Crippen molar-refractivity contribution in [3.05, 3.63) is 70.7 Å². The Bertz CT molecular complexity index is 1160. The van der Waals surface area contributed by atoms with Crippen LogP contribution in [0.5, 0.6) is 0 Å². The highest BCUT2D eigenvalue weighted by Gasteiger charge is 2.17. The van der Waals surface area contributed by atoms with E-state index in [0.717, 1.165) is 23.5 Å². The SMILES string of the molecule is CCn1c(-c2cc(NC(=O)Cc3ccccc3Cl)n[nH]2)c(C)c2ccccc21. The van der Waals surface area contributed by atoms with Gasteiger partial charge in [0.15, 0.2) is 5.82 Å². The van der Waals surface area contributed by atoms with Crippen molar-refractivity contribution in [1.29, 1.82) is 0 Å². The molecule has 0 spiro atoms. The third-order valence-corrected chi connectivity index (χ3v) is 5.32. The number of para-hydroxylation sites is 1. The maximum Gasteiger partial charge on any atom is 0.230 e. The molecule has 0 unspecified atom stereocenters. The summed E-state index contributed by atoms with van der Waals surface area (Å²) in [7, 11) is 0. The Morgan fingerprint density at radius 1 is 1.18 bits per heavy atom. The molecule has 2 N–H and O–H groups in total. The van der Waals surface area contributed by atoms with Crippen LogP contribution >= 0.6 is 11.6 Å². The molecule has 0 aliphatic rings. The highest BCUT2D eigenvalue weighted by atomic mass is 35.5. The summed E-state index contributed by atoms with van der Waals surface area (Å²) in [6.07, 6.45) is 0.204. The van der Waals surface area contributed by atoms with Crippen molar-refractivity contribution in [2.24, 2.45) is 0 Å². The summed E-state index contributed by atoms with van der Waals surface area (Å²) in [6, 6.07) is 17.6. The van der Waals surface area contributed by atoms with Crippen LogP contribution in [0.15, 0.2) is 54.6 Å². The number of hydrogen-bond acceptors (Lipinski definition) is 2. The van der Waals surface area contributed by atoms with Gasteiger partial charge >= 0.3 is 0 Å². The molecule has 0 bridgehead atoms. The molecule has 0 saturated carbocycles. The summed E-state index contributed by atoms with van der Waals surface area (Å²) in [4.78, 5) is 12.4. The van der Waals surface area contributed by atoms with Crippen molar-refractivity contribution in [2.75, 3.05) is 5.32 Å². The predicted molar refractivity (Wildman–Crippen MR) is 114 cm³/mol. The smallest absolute Gasteiger partial charge is 0.230 e. The van der Waals surface area contributed by atoms with Gasteiger partial charge in [-0.05, 0) is 37.1 Å². The number of nitrogens with one attached hydrogen (secondary N) is 2. The molecule has 0 saturated heterocycles. The van der Waals surface area contributed by atoms with E-state index < -0.39 is 0 Å². The first-order chi connectivity index (χ1) is 13.6. The fourth-order valence-electron chi connectivity index (χ4n) is 3.66. The lowest BCUT2D eigenvalue weighted by atomic mass is 10.1. The Labute approximate surface area is 168 Å². The van der Waals surface area contributed by atoms with Gasteiger partial charge in [-0.25, -0.2) is 0 Å². The second kappa shape index (κ2) is 7.52. The second-order valence-electron chi connectivity index (χ2n) is 6.72. The van der Waals surface area contributed by atoms with Crippen LogP contribution in [0.25, 0.3) is 22.3 Å². The van der Waals surface area contributed by atoms with Gasteiger partial charge in [0.2, 0.25) is 5.91 Å². The number of aryl methyl sites for hydroxylation is 2. The Hall–Kier alpha value is -3.05. The number of H-pyrrole nitrogens is 1. The number of aromatic nitrogens is 3. The van der Waals surface area contributed by atoms with Gasteiger partial charge in [0.25, 0.3) is 0 Å². The molecule has 2 aromatic heterocycles. The monoisotopic (exact) mass is 392 g/mol. The highest BCUT2D eigenvalue weighted by Crippen LogP contribution is 2.33. The summed E-state index contributed by atoms with van der Waals surface area (Å²) in [5.74, 6) is 0.346. The molecule has 2 heterocycles. The topological polar surface area (TPSA) is 62.7 Å². The largest absolute Gasteiger partial charge is 0.339 e. The summed E-state index contributed by atoms with van der Waals surface area (Å²) in [5.41, 5.74) is 5.14. The maximum absolute atomic E-state index is 12.4. The minimum absolute atomic E-state index is 0.154. The number of aromatic amines is 1. The van der Waals surface area contributed by atoms with Crippen LogP contribution in [0.4, 0.5) is 5.82 Å². The van der Waals surface area contributed by atoms with Gasteiger partial charge in [0.05, 0.1) is 17.8 Å². The molecule has 4 rings (SSSR count). The van der Waals surface area contributed by atoms with Gasteiger partial charge in [-0.3, -0.25) is 9.89 Å². The van der Waals surface area contributed by atoms with Crippen LogP contribution in [0.1, 0.15) is 18.1 Å². The molecular formula is C22H21ClN4O. The van der Waals surface area contributed by atoms with E-state index >= 15 is 0 Å². The first-order valence-corrected chi connectivity index (χ1v) is 9.63. The molecular weight excluding hydrogens is 372 g/mol. The predicted octanol–water partition coefficient (Wildman–Crippen LogP) is 5.19. The number of anilines is 1. The zero-order chi connectivity index (χ0) is 19.7. The first-order valence-electron chi connectivity index (χ1n) is 9.25. The van der Waals surface area contributed by atoms with E-state index in [1.807, 2.05) is 36.4 Å². The average molecular weight is 393 g/mol. The van der Waals surface area contributed by atoms with E-state index in [2.05, 4.69) is 46.1 Å². The van der Waals surface area contributed by atoms with E-state index in [9.17, 15) is 4.79 Å². The summed E-state index contributed by atoms with van der Waals surface area (Å²) < 4.78 is 2.26. The molecule has 2 aromatic carbocycles. The molecule has 0 fully saturated rings. The lowest BCUT2D eigenvalue weighted by Gasteiger charge is -2.06. The number of halogens is 1. The Kier molecular flexibility index (Phi) is 4.92. The number of carbonyl (C=O) groups is 1. The number of rotatable bonds is 5. The van der Waals surface area contributed by atoms with Crippen LogP contribution in [0, 0.1) is 6.92 Å². The molecule has 1 amide bonds. The summed E-state index contributed by atoms with van der Waals surface area (Å²) >= 11 is 6.14. The fourth-order valence-corrected chi connectivity index (χ4v) is 3.86. The van der Waals surface area contributed by atoms with Crippen LogP contribution in [-0.2, 0) is 17.8 Å². The minimum atomic E-state index is -0.154. The van der Waals surface area contributed by atoms with E-state index in [0.29, 0.717) is 10.8 Å². The third kappa shape index (κ3) is 3.29. The highest BCUT2D eigenvalue weighted by molar-refractivity contribution is 6.31. The number of nitrogens with zero attached hydrogens (tertiary/aromatic N) is 2. The van der Waals surface area contributed by atoms with Crippen LogP contribution in [0.2, 0.25) is 5.02 Å². The fraction of sp³-hybridized carbons (Fsp3) is 0.182. The van der Waals surface area contributed by atoms with Crippen molar-refractivity contribution < 1.29 is 4.79 Å². The van der Waals surface area contributed by atoms with E-state index in [1.54, 1.807) is 6.07 Å². The number of amides is 1. The number of fused-ring (bicyclic) bond motifs is 1. The Morgan fingerprint density at radius 3 is 2.71 bits per heavy atom. The number of carbonyl (C=O) groups excluding carboxylic acids is 1. The van der Waals surface area contributed by atoms with Gasteiger partial charge < -0.3 is 9.88 Å². The van der Waals surface area contributed by atoms with Crippen LogP contribution in [-0.4, -0.2) is 20.7 Å². The van der Waals surface area contributed by atoms with Gasteiger partial charge in [0, 0.05) is 28.5 Å². The molecule has 142 valence electrons. The van der Waals surface area contributed by atoms with Gasteiger partial charge in [-0.2, -0.15) is 5.10 Å². The molecule has 28 heavy (non-hydrogen) atoms. The quantitative estimate of drug-likeness (QED) is 0.490. The van der Waals surface area contributed by atoms with Crippen LogP contribution in [0.3, 0.4) is 0 Å². The van der Waals surface area contributed by atoms with Crippen molar-refractivity contribution in [3.63, 3.8) is 0 Å². The maximum atomic E-state index is 12.4. The van der Waals surface area contributed by atoms with E-state index in [-0.39, 0.29) is 12.3 Å². The summed E-state index contributed by atoms with van der Waals surface area (Å²) in [6.45, 7) is 5.08. The molecule has 5 nitrogen and oxygen atoms in total. The third-order valence-electron chi connectivity index (χ3n) is 4.95. The number of hydrogen-bond donors (Lipinski definition) is 2. The van der Waals surface area contributed by atoms with E-state index in [1.165, 1.54) is 16.5 Å². The zero-order valence-electron chi connectivity index (χ0n) is 15.8. The van der Waals surface area contributed by atoms with Crippen molar-refractivity contribution in [1.82, 2.24) is 14.8 Å². The molecule has 0 aliphatic carbocycles. The second-order valence-corrected chi connectivity index (χ2v) is 7.13. The lowest BCUT2D eigenvalue weighted by molar-refractivity contribution is -0.115. The zero-order valence-corrected chi connectivity index (χ0v) is 16.5. The lowest BCUT2D eigenvalue weighted by Crippen LogP contribution is -2.14. The van der Waals surface area contributed by atoms with Crippen molar-refractivity contribution >= 4 is 34.2 Å². The molecule has 6 heteroatoms. The summed E-state index contributed by atoms with van der Waals surface area (Å²) in [5, 5.41) is 12.0. The minimum Gasteiger partial charge on any atom is -0.339 e. The Morgan fingerprint density at radius 2 is 1.93 bits per heavy atom. The Balaban J connectivity index is 1.60. The van der Waals surface area contributed by atoms with E-state index in [4.69, 9.17) is 11.6 Å². The molecule has 0 atom stereocenters. The number of benzene rings is 2. The van der Waals surface area contributed by atoms with Gasteiger partial charge in [0.1, 0.15) is 0 Å². The first kappa shape index (κ1) is 18.3. The standard InChI is InChI=1S/C22H21ClN4O/c1-3-27-19-11-7-5-9-16(19)14(2)22(27)18-13-20(26-25-18)24-21(28)12-15-8-4-6-10-17(15)23/h4-11,13H,3,12H2,1-2H3,(H2,24,25,26,28). The average Bonchev–Trinajstić information content (AvgIpc) is 3.25. The normalized spacial score (nSPS) is 11.1. The molecule has 0 radical (unpaired) electrons. The van der Waals surface area contributed by atoms with Crippen LogP contribution < -0.4 is 5.32 Å². The van der Waals surface area contributed by atoms with Gasteiger partial charge in [-0.15, -0.1) is 0 Å². The van der Waals surface area contributed by atoms with Crippen molar-refractivity contribution in [2.45, 2.75) is 26.8 Å². The van der Waals surface area contributed by atoms with Gasteiger partial charge in [-0.1, -0.05) is 48.0 Å². The van der Waals surface area contributed by atoms with Crippen molar-refractivity contribution in [3.8, 4) is 11.4 Å². The molecule has 0 aliphatic heterocycles.